The van der Waals surface area contributed by atoms with Gasteiger partial charge in [0.15, 0.2) is 0 Å². The predicted octanol–water partition coefficient (Wildman–Crippen LogP) is -0.354. The lowest BCUT2D eigenvalue weighted by atomic mass is 10.1. The van der Waals surface area contributed by atoms with Crippen molar-refractivity contribution in [3.63, 3.8) is 0 Å². The van der Waals surface area contributed by atoms with Crippen molar-refractivity contribution in [1.82, 2.24) is 19.6 Å². The van der Waals surface area contributed by atoms with E-state index in [9.17, 15) is 0 Å². The second-order valence-corrected chi connectivity index (χ2v) is 7.64. The van der Waals surface area contributed by atoms with Crippen LogP contribution < -0.4 is 0 Å². The highest BCUT2D eigenvalue weighted by molar-refractivity contribution is 5.10. The van der Waals surface area contributed by atoms with Gasteiger partial charge < -0.3 is 14.5 Å². The molecule has 23 heavy (non-hydrogen) atoms. The van der Waals surface area contributed by atoms with Gasteiger partial charge >= 0.3 is 0 Å². The van der Waals surface area contributed by atoms with Crippen LogP contribution in [0.5, 0.6) is 0 Å². The molecule has 7 heteroatoms. The van der Waals surface area contributed by atoms with Crippen LogP contribution in [0.15, 0.2) is 0 Å². The molecule has 0 radical (unpaired) electrons. The normalized spacial score (nSPS) is 46.7. The van der Waals surface area contributed by atoms with Crippen LogP contribution in [0.3, 0.4) is 0 Å². The lowest BCUT2D eigenvalue weighted by Crippen LogP contribution is -2.54. The molecule has 4 aliphatic heterocycles. The minimum absolute atomic E-state index is 0.500. The number of nitrogens with zero attached hydrogens (tertiary/aromatic N) is 4. The molecule has 4 rings (SSSR count). The van der Waals surface area contributed by atoms with E-state index in [-0.39, 0.29) is 0 Å². The Bertz CT molecular complexity index is 404. The molecule has 0 spiro atoms. The number of epoxide rings is 1. The first-order valence-electron chi connectivity index (χ1n) is 9.00. The third kappa shape index (κ3) is 3.16. The van der Waals surface area contributed by atoms with Gasteiger partial charge in [-0.05, 0) is 53.1 Å². The highest BCUT2D eigenvalue weighted by atomic mass is 17.4. The van der Waals surface area contributed by atoms with Gasteiger partial charge in [0.05, 0.1) is 13.1 Å². The molecule has 4 fully saturated rings. The fraction of sp³-hybridized carbons (Fsp3) is 1.00. The van der Waals surface area contributed by atoms with Crippen LogP contribution >= 0.6 is 0 Å². The van der Waals surface area contributed by atoms with Gasteiger partial charge in [0.25, 0.3) is 11.6 Å². The molecule has 4 heterocycles. The van der Waals surface area contributed by atoms with Gasteiger partial charge in [0.1, 0.15) is 0 Å². The third-order valence-corrected chi connectivity index (χ3v) is 5.67. The number of fused-ring (bicyclic) bond motifs is 4. The first-order chi connectivity index (χ1) is 11.1. The van der Waals surface area contributed by atoms with Gasteiger partial charge in [0.2, 0.25) is 0 Å². The summed E-state index contributed by atoms with van der Waals surface area (Å²) in [6.07, 6.45) is 2.43. The molecule has 0 N–H and O–H groups in total. The average Bonchev–Trinajstić information content (AvgIpc) is 2.95. The van der Waals surface area contributed by atoms with Gasteiger partial charge in [-0.25, -0.2) is 0 Å². The van der Waals surface area contributed by atoms with Crippen LogP contribution in [0.2, 0.25) is 0 Å². The van der Waals surface area contributed by atoms with Crippen molar-refractivity contribution in [1.29, 1.82) is 0 Å². The van der Waals surface area contributed by atoms with Gasteiger partial charge in [-0.3, -0.25) is 9.80 Å². The fourth-order valence-electron chi connectivity index (χ4n) is 3.97. The number of hydrogen-bond acceptors (Lipinski definition) is 7. The quantitative estimate of drug-likeness (QED) is 0.445. The lowest BCUT2D eigenvalue weighted by Gasteiger charge is -2.33. The molecular formula is C16H30N4O3. The summed E-state index contributed by atoms with van der Waals surface area (Å²) in [4.78, 5) is 20.7. The summed E-state index contributed by atoms with van der Waals surface area (Å²) in [5.74, 6) is -1.000. The number of hydrogen-bond donors (Lipinski definition) is 0. The fourth-order valence-corrected chi connectivity index (χ4v) is 3.97. The Kier molecular flexibility index (Phi) is 4.38. The highest BCUT2D eigenvalue weighted by Crippen LogP contribution is 2.59. The standard InChI is InChI=1S/C16H30N4O3/c1-17-5-3-6-18(2)10-12-20-8-4-7-19(11-9-17)13-15-16(14-20,21-15)23-22-15/h3-14H2,1-2H3/t15-,16+. The Morgan fingerprint density at radius 3 is 1.57 bits per heavy atom. The monoisotopic (exact) mass is 326 g/mol. The molecule has 0 saturated carbocycles. The van der Waals surface area contributed by atoms with E-state index in [0.29, 0.717) is 0 Å². The van der Waals surface area contributed by atoms with Crippen molar-refractivity contribution in [3.05, 3.63) is 0 Å². The summed E-state index contributed by atoms with van der Waals surface area (Å²) in [5.41, 5.74) is 0. The Morgan fingerprint density at radius 2 is 1.09 bits per heavy atom. The summed E-state index contributed by atoms with van der Waals surface area (Å²) < 4.78 is 5.94. The van der Waals surface area contributed by atoms with E-state index in [1.807, 2.05) is 0 Å². The number of ether oxygens (including phenoxy) is 1. The average molecular weight is 326 g/mol. The van der Waals surface area contributed by atoms with E-state index in [2.05, 4.69) is 33.7 Å². The molecule has 2 unspecified atom stereocenters. The summed E-state index contributed by atoms with van der Waals surface area (Å²) in [6, 6.07) is 0. The second kappa shape index (κ2) is 6.22. The summed E-state index contributed by atoms with van der Waals surface area (Å²) >= 11 is 0. The lowest BCUT2D eigenvalue weighted by molar-refractivity contribution is -0.465. The summed E-state index contributed by atoms with van der Waals surface area (Å²) in [6.45, 7) is 10.5. The zero-order chi connectivity index (χ0) is 15.9. The molecule has 4 aliphatic rings. The molecule has 0 aromatic carbocycles. The van der Waals surface area contributed by atoms with Crippen molar-refractivity contribution in [2.45, 2.75) is 24.4 Å². The Hall–Kier alpha value is -0.280. The first-order valence-corrected chi connectivity index (χ1v) is 9.00. The smallest absolute Gasteiger partial charge is 0.276 e. The minimum Gasteiger partial charge on any atom is -0.305 e. The molecule has 132 valence electrons. The Morgan fingerprint density at radius 1 is 0.609 bits per heavy atom. The van der Waals surface area contributed by atoms with Crippen molar-refractivity contribution in [2.24, 2.45) is 0 Å². The third-order valence-electron chi connectivity index (χ3n) is 5.67. The summed E-state index contributed by atoms with van der Waals surface area (Å²) in [7, 11) is 4.45. The van der Waals surface area contributed by atoms with E-state index in [1.54, 1.807) is 0 Å². The largest absolute Gasteiger partial charge is 0.305 e. The molecule has 4 atom stereocenters. The first kappa shape index (κ1) is 16.2. The zero-order valence-electron chi connectivity index (χ0n) is 14.5. The van der Waals surface area contributed by atoms with Crippen molar-refractivity contribution >= 4 is 0 Å². The minimum atomic E-state index is -0.500. The van der Waals surface area contributed by atoms with Crippen LogP contribution in [-0.2, 0) is 14.5 Å². The number of rotatable bonds is 0. The van der Waals surface area contributed by atoms with Gasteiger partial charge in [0, 0.05) is 26.2 Å². The van der Waals surface area contributed by atoms with E-state index in [0.717, 1.165) is 65.4 Å². The van der Waals surface area contributed by atoms with Crippen molar-refractivity contribution in [3.8, 4) is 0 Å². The van der Waals surface area contributed by atoms with E-state index >= 15 is 0 Å². The Labute approximate surface area is 138 Å². The molecule has 4 saturated heterocycles. The van der Waals surface area contributed by atoms with Gasteiger partial charge in [-0.2, -0.15) is 9.78 Å². The van der Waals surface area contributed by atoms with E-state index < -0.39 is 11.6 Å². The molecular weight excluding hydrogens is 296 g/mol. The topological polar surface area (TPSA) is 44.0 Å². The van der Waals surface area contributed by atoms with Crippen molar-refractivity contribution in [2.75, 3.05) is 79.5 Å². The molecule has 2 bridgehead atoms. The maximum Gasteiger partial charge on any atom is 0.276 e. The molecule has 0 amide bonds. The van der Waals surface area contributed by atoms with Crippen LogP contribution in [0.4, 0.5) is 0 Å². The Balaban J connectivity index is 1.49. The van der Waals surface area contributed by atoms with Crippen LogP contribution in [0.1, 0.15) is 12.8 Å². The van der Waals surface area contributed by atoms with E-state index in [4.69, 9.17) is 14.5 Å². The maximum absolute atomic E-state index is 5.94. The SMILES string of the molecule is CN1CCCN(C)CCN2CCCN(CC1)C[C@@]13OO[C@]1(C2)O3. The predicted molar refractivity (Wildman–Crippen MR) is 85.8 cm³/mol. The van der Waals surface area contributed by atoms with Crippen LogP contribution in [0, 0.1) is 0 Å². The highest BCUT2D eigenvalue weighted by Gasteiger charge is 2.84. The second-order valence-electron chi connectivity index (χ2n) is 7.64. The van der Waals surface area contributed by atoms with Crippen LogP contribution in [-0.4, -0.2) is 111 Å². The van der Waals surface area contributed by atoms with Crippen LogP contribution in [0.25, 0.3) is 0 Å². The zero-order valence-corrected chi connectivity index (χ0v) is 14.5. The van der Waals surface area contributed by atoms with Gasteiger partial charge in [-0.15, -0.1) is 0 Å². The van der Waals surface area contributed by atoms with Crippen molar-refractivity contribution < 1.29 is 14.5 Å². The molecule has 7 nitrogen and oxygen atoms in total. The maximum atomic E-state index is 5.94. The molecule has 0 aromatic rings. The molecule has 0 aromatic heterocycles. The van der Waals surface area contributed by atoms with E-state index in [1.165, 1.54) is 12.8 Å². The number of likely N-dealkylation sites (N-methyl/N-ethyl adjacent to an activating group) is 2. The van der Waals surface area contributed by atoms with Gasteiger partial charge in [-0.1, -0.05) is 0 Å². The summed E-state index contributed by atoms with van der Waals surface area (Å²) in [5, 5.41) is 0. The molecule has 0 aliphatic carbocycles.